The number of hydrogen-bond acceptors (Lipinski definition) is 1. The van der Waals surface area contributed by atoms with Crippen LogP contribution in [0.25, 0.3) is 5.57 Å². The summed E-state index contributed by atoms with van der Waals surface area (Å²) < 4.78 is 0. The molecule has 1 saturated carbocycles. The van der Waals surface area contributed by atoms with Gasteiger partial charge in [-0.25, -0.2) is 0 Å². The smallest absolute Gasteiger partial charge is 0.0762 e. The molecule has 1 heteroatoms. The summed E-state index contributed by atoms with van der Waals surface area (Å²) in [7, 11) is 0. The van der Waals surface area contributed by atoms with Crippen LogP contribution in [0.1, 0.15) is 35.1 Å². The third kappa shape index (κ3) is 2.30. The van der Waals surface area contributed by atoms with Gasteiger partial charge in [0.1, 0.15) is 0 Å². The standard InChI is InChI=1S/C19H20O/c1-13-8-9-16(14(2)12-13)19(17-10-11-18(17)20)15-6-4-3-5-7-15/h3-9,12,18,20H,10-11H2,1-2H3/b19-17+. The molecule has 0 radical (unpaired) electrons. The van der Waals surface area contributed by atoms with E-state index in [1.807, 2.05) is 6.07 Å². The van der Waals surface area contributed by atoms with Crippen LogP contribution in [-0.4, -0.2) is 11.2 Å². The maximum atomic E-state index is 10.1. The Labute approximate surface area is 120 Å². The Bertz CT molecular complexity index is 653. The van der Waals surface area contributed by atoms with Crippen LogP contribution in [0.3, 0.4) is 0 Å². The molecular formula is C19H20O. The number of aliphatic hydroxyl groups excluding tert-OH is 1. The monoisotopic (exact) mass is 264 g/mol. The van der Waals surface area contributed by atoms with Gasteiger partial charge in [-0.1, -0.05) is 54.1 Å². The molecule has 0 bridgehead atoms. The van der Waals surface area contributed by atoms with Gasteiger partial charge in [0, 0.05) is 0 Å². The summed E-state index contributed by atoms with van der Waals surface area (Å²) in [6, 6.07) is 17.0. The van der Waals surface area contributed by atoms with E-state index in [1.165, 1.54) is 33.4 Å². The Hall–Kier alpha value is -1.86. The highest BCUT2D eigenvalue weighted by molar-refractivity contribution is 5.84. The molecule has 102 valence electrons. The Balaban J connectivity index is 2.19. The minimum absolute atomic E-state index is 0.272. The van der Waals surface area contributed by atoms with Gasteiger partial charge in [0.05, 0.1) is 6.10 Å². The molecule has 1 nitrogen and oxygen atoms in total. The average Bonchev–Trinajstić information content (AvgIpc) is 2.44. The molecule has 1 aliphatic carbocycles. The lowest BCUT2D eigenvalue weighted by molar-refractivity contribution is 0.157. The number of hydrogen-bond donors (Lipinski definition) is 1. The van der Waals surface area contributed by atoms with Crippen molar-refractivity contribution in [3.05, 3.63) is 76.4 Å². The fourth-order valence-corrected chi connectivity index (χ4v) is 2.92. The van der Waals surface area contributed by atoms with Crippen LogP contribution in [0.15, 0.2) is 54.1 Å². The summed E-state index contributed by atoms with van der Waals surface area (Å²) in [5.74, 6) is 0. The van der Waals surface area contributed by atoms with Crippen molar-refractivity contribution in [3.63, 3.8) is 0 Å². The molecule has 2 aromatic carbocycles. The highest BCUT2D eigenvalue weighted by Gasteiger charge is 2.26. The molecule has 0 saturated heterocycles. The van der Waals surface area contributed by atoms with E-state index in [0.29, 0.717) is 0 Å². The van der Waals surface area contributed by atoms with E-state index in [2.05, 4.69) is 56.3 Å². The molecule has 0 heterocycles. The van der Waals surface area contributed by atoms with E-state index in [4.69, 9.17) is 0 Å². The highest BCUT2D eigenvalue weighted by Crippen LogP contribution is 2.38. The lowest BCUT2D eigenvalue weighted by Crippen LogP contribution is -2.23. The lowest BCUT2D eigenvalue weighted by atomic mass is 9.79. The molecule has 1 fully saturated rings. The van der Waals surface area contributed by atoms with E-state index < -0.39 is 0 Å². The first-order chi connectivity index (χ1) is 9.66. The third-order valence-electron chi connectivity index (χ3n) is 4.12. The first-order valence-electron chi connectivity index (χ1n) is 7.21. The molecule has 1 atom stereocenters. The minimum Gasteiger partial charge on any atom is -0.389 e. The molecule has 20 heavy (non-hydrogen) atoms. The van der Waals surface area contributed by atoms with Gasteiger partial charge in [-0.3, -0.25) is 0 Å². The zero-order valence-corrected chi connectivity index (χ0v) is 12.1. The van der Waals surface area contributed by atoms with Crippen LogP contribution in [0.4, 0.5) is 0 Å². The van der Waals surface area contributed by atoms with E-state index in [9.17, 15) is 5.11 Å². The molecule has 2 aromatic rings. The van der Waals surface area contributed by atoms with E-state index in [1.54, 1.807) is 0 Å². The third-order valence-corrected chi connectivity index (χ3v) is 4.12. The van der Waals surface area contributed by atoms with Gasteiger partial charge in [0.2, 0.25) is 0 Å². The summed E-state index contributed by atoms with van der Waals surface area (Å²) >= 11 is 0. The second-order valence-electron chi connectivity index (χ2n) is 5.64. The zero-order valence-electron chi connectivity index (χ0n) is 12.1. The van der Waals surface area contributed by atoms with E-state index >= 15 is 0 Å². The topological polar surface area (TPSA) is 20.2 Å². The van der Waals surface area contributed by atoms with Crippen molar-refractivity contribution in [2.45, 2.75) is 32.8 Å². The number of aliphatic hydroxyl groups is 1. The summed E-state index contributed by atoms with van der Waals surface area (Å²) in [6.45, 7) is 4.27. The fourth-order valence-electron chi connectivity index (χ4n) is 2.92. The van der Waals surface area contributed by atoms with E-state index in [-0.39, 0.29) is 6.10 Å². The van der Waals surface area contributed by atoms with Crippen LogP contribution in [0.5, 0.6) is 0 Å². The van der Waals surface area contributed by atoms with Gasteiger partial charge in [-0.2, -0.15) is 0 Å². The number of aryl methyl sites for hydroxylation is 2. The highest BCUT2D eigenvalue weighted by atomic mass is 16.3. The molecule has 0 aliphatic heterocycles. The minimum atomic E-state index is -0.272. The molecule has 3 rings (SSSR count). The van der Waals surface area contributed by atoms with Crippen molar-refractivity contribution in [1.29, 1.82) is 0 Å². The Morgan fingerprint density at radius 1 is 1.05 bits per heavy atom. The molecular weight excluding hydrogens is 244 g/mol. The Morgan fingerprint density at radius 3 is 2.35 bits per heavy atom. The summed E-state index contributed by atoms with van der Waals surface area (Å²) in [4.78, 5) is 0. The van der Waals surface area contributed by atoms with Crippen molar-refractivity contribution < 1.29 is 5.11 Å². The average molecular weight is 264 g/mol. The predicted molar refractivity (Wildman–Crippen MR) is 83.6 cm³/mol. The summed E-state index contributed by atoms with van der Waals surface area (Å²) in [5, 5.41) is 10.1. The van der Waals surface area contributed by atoms with Crippen LogP contribution < -0.4 is 0 Å². The van der Waals surface area contributed by atoms with Crippen molar-refractivity contribution in [3.8, 4) is 0 Å². The van der Waals surface area contributed by atoms with E-state index in [0.717, 1.165) is 12.8 Å². The van der Waals surface area contributed by atoms with Crippen molar-refractivity contribution in [1.82, 2.24) is 0 Å². The maximum Gasteiger partial charge on any atom is 0.0762 e. The van der Waals surface area contributed by atoms with Gasteiger partial charge in [-0.05, 0) is 54.5 Å². The molecule has 1 N–H and O–H groups in total. The van der Waals surface area contributed by atoms with Gasteiger partial charge in [0.15, 0.2) is 0 Å². The van der Waals surface area contributed by atoms with Gasteiger partial charge >= 0.3 is 0 Å². The quantitative estimate of drug-likeness (QED) is 0.859. The van der Waals surface area contributed by atoms with Gasteiger partial charge in [-0.15, -0.1) is 0 Å². The summed E-state index contributed by atoms with van der Waals surface area (Å²) in [5.41, 5.74) is 7.40. The normalized spacial score (nSPS) is 20.4. The van der Waals surface area contributed by atoms with Crippen LogP contribution in [0.2, 0.25) is 0 Å². The largest absolute Gasteiger partial charge is 0.389 e. The maximum absolute atomic E-state index is 10.1. The van der Waals surface area contributed by atoms with Crippen molar-refractivity contribution in [2.75, 3.05) is 0 Å². The first-order valence-corrected chi connectivity index (χ1v) is 7.21. The molecule has 0 aromatic heterocycles. The van der Waals surface area contributed by atoms with Crippen LogP contribution >= 0.6 is 0 Å². The predicted octanol–water partition coefficient (Wildman–Crippen LogP) is 4.26. The van der Waals surface area contributed by atoms with Gasteiger partial charge < -0.3 is 5.11 Å². The van der Waals surface area contributed by atoms with Crippen LogP contribution in [-0.2, 0) is 0 Å². The van der Waals surface area contributed by atoms with Crippen molar-refractivity contribution in [2.24, 2.45) is 0 Å². The Morgan fingerprint density at radius 2 is 1.80 bits per heavy atom. The molecule has 0 spiro atoms. The lowest BCUT2D eigenvalue weighted by Gasteiger charge is -2.29. The first kappa shape index (κ1) is 13.1. The number of benzene rings is 2. The second-order valence-corrected chi connectivity index (χ2v) is 5.64. The Kier molecular flexibility index (Phi) is 3.45. The van der Waals surface area contributed by atoms with Gasteiger partial charge in [0.25, 0.3) is 0 Å². The molecule has 0 amide bonds. The summed E-state index contributed by atoms with van der Waals surface area (Å²) in [6.07, 6.45) is 1.61. The molecule has 1 unspecified atom stereocenters. The second kappa shape index (κ2) is 5.26. The SMILES string of the molecule is Cc1ccc(/C(=C2\CCC2O)c2ccccc2)c(C)c1. The van der Waals surface area contributed by atoms with Crippen LogP contribution in [0, 0.1) is 13.8 Å². The van der Waals surface area contributed by atoms with Crippen molar-refractivity contribution >= 4 is 5.57 Å². The molecule has 1 aliphatic rings. The number of rotatable bonds is 2. The zero-order chi connectivity index (χ0) is 14.1. The fraction of sp³-hybridized carbons (Fsp3) is 0.263.